The third-order valence-electron chi connectivity index (χ3n) is 4.88. The second-order valence-corrected chi connectivity index (χ2v) is 7.33. The summed E-state index contributed by atoms with van der Waals surface area (Å²) >= 11 is 5.96. The Hall–Kier alpha value is -1.91. The highest BCUT2D eigenvalue weighted by molar-refractivity contribution is 6.30. The first-order valence-electron chi connectivity index (χ1n) is 8.37. The minimum atomic E-state index is -0.651. The van der Waals surface area contributed by atoms with Gasteiger partial charge in [0.15, 0.2) is 0 Å². The van der Waals surface area contributed by atoms with E-state index in [2.05, 4.69) is 5.32 Å². The molecule has 0 saturated heterocycles. The Morgan fingerprint density at radius 3 is 2.40 bits per heavy atom. The van der Waals surface area contributed by atoms with Gasteiger partial charge in [0.25, 0.3) is 0 Å². The van der Waals surface area contributed by atoms with Crippen LogP contribution < -0.4 is 5.32 Å². The van der Waals surface area contributed by atoms with Gasteiger partial charge in [-0.05, 0) is 50.7 Å². The first kappa shape index (κ1) is 17.9. The van der Waals surface area contributed by atoms with Crippen LogP contribution in [0.4, 0.5) is 4.39 Å². The molecule has 0 aromatic heterocycles. The summed E-state index contributed by atoms with van der Waals surface area (Å²) in [5.41, 5.74) is 1.55. The molecular formula is C20H22ClFN2O. The van der Waals surface area contributed by atoms with E-state index in [4.69, 9.17) is 11.6 Å². The summed E-state index contributed by atoms with van der Waals surface area (Å²) < 4.78 is 14.1. The molecule has 3 rings (SSSR count). The van der Waals surface area contributed by atoms with Gasteiger partial charge in [-0.2, -0.15) is 0 Å². The van der Waals surface area contributed by atoms with Crippen LogP contribution in [0.5, 0.6) is 0 Å². The van der Waals surface area contributed by atoms with E-state index in [9.17, 15) is 9.18 Å². The number of halogens is 2. The van der Waals surface area contributed by atoms with Crippen molar-refractivity contribution in [3.8, 4) is 0 Å². The molecule has 0 bridgehead atoms. The lowest BCUT2D eigenvalue weighted by Gasteiger charge is -2.26. The second kappa shape index (κ2) is 7.14. The fourth-order valence-electron chi connectivity index (χ4n) is 3.23. The first-order valence-corrected chi connectivity index (χ1v) is 8.75. The summed E-state index contributed by atoms with van der Waals surface area (Å²) in [6.07, 6.45) is 2.06. The minimum Gasteiger partial charge on any atom is -0.354 e. The normalized spacial score (nSPS) is 16.5. The lowest BCUT2D eigenvalue weighted by atomic mass is 9.95. The molecule has 1 N–H and O–H groups in total. The lowest BCUT2D eigenvalue weighted by Crippen LogP contribution is -2.40. The van der Waals surface area contributed by atoms with Gasteiger partial charge in [0.05, 0.1) is 0 Å². The molecule has 1 amide bonds. The van der Waals surface area contributed by atoms with Crippen LogP contribution in [0.25, 0.3) is 0 Å². The molecule has 0 spiro atoms. The molecule has 25 heavy (non-hydrogen) atoms. The van der Waals surface area contributed by atoms with Crippen molar-refractivity contribution in [2.45, 2.75) is 24.3 Å². The maximum Gasteiger partial charge on any atom is 0.242 e. The van der Waals surface area contributed by atoms with E-state index in [0.29, 0.717) is 17.1 Å². The standard InChI is InChI=1S/C20H22ClFN2O/c1-24(2)18(16-5-3-4-6-17(16)22)19(25)23-13-20(11-12-20)14-7-9-15(21)10-8-14/h3-10,18H,11-13H2,1-2H3,(H,23,25)/t18-/m0/s1. The smallest absolute Gasteiger partial charge is 0.242 e. The number of carbonyl (C=O) groups is 1. The van der Waals surface area contributed by atoms with Crippen LogP contribution in [0, 0.1) is 5.82 Å². The van der Waals surface area contributed by atoms with Crippen LogP contribution in [-0.4, -0.2) is 31.4 Å². The zero-order valence-electron chi connectivity index (χ0n) is 14.4. The Kier molecular flexibility index (Phi) is 5.11. The van der Waals surface area contributed by atoms with Crippen molar-refractivity contribution < 1.29 is 9.18 Å². The highest BCUT2D eigenvalue weighted by Gasteiger charge is 2.44. The molecule has 2 aromatic rings. The van der Waals surface area contributed by atoms with Gasteiger partial charge in [-0.25, -0.2) is 4.39 Å². The molecule has 1 fully saturated rings. The fourth-order valence-corrected chi connectivity index (χ4v) is 3.35. The highest BCUT2D eigenvalue weighted by atomic mass is 35.5. The summed E-state index contributed by atoms with van der Waals surface area (Å²) in [7, 11) is 3.56. The van der Waals surface area contributed by atoms with Gasteiger partial charge in [0.2, 0.25) is 5.91 Å². The number of hydrogen-bond acceptors (Lipinski definition) is 2. The fraction of sp³-hybridized carbons (Fsp3) is 0.350. The molecule has 1 aliphatic carbocycles. The van der Waals surface area contributed by atoms with E-state index in [1.54, 1.807) is 37.2 Å². The molecule has 0 unspecified atom stereocenters. The average Bonchev–Trinajstić information content (AvgIpc) is 3.36. The van der Waals surface area contributed by atoms with Crippen molar-refractivity contribution in [1.82, 2.24) is 10.2 Å². The summed E-state index contributed by atoms with van der Waals surface area (Å²) in [6.45, 7) is 0.548. The predicted molar refractivity (Wildman–Crippen MR) is 98.2 cm³/mol. The number of benzene rings is 2. The van der Waals surface area contributed by atoms with Gasteiger partial charge >= 0.3 is 0 Å². The van der Waals surface area contributed by atoms with E-state index in [1.165, 1.54) is 11.6 Å². The number of rotatable bonds is 6. The molecule has 0 aliphatic heterocycles. The Labute approximate surface area is 152 Å². The quantitative estimate of drug-likeness (QED) is 0.846. The number of carbonyl (C=O) groups excluding carboxylic acids is 1. The van der Waals surface area contributed by atoms with Crippen LogP contribution in [0.3, 0.4) is 0 Å². The summed E-state index contributed by atoms with van der Waals surface area (Å²) in [6, 6.07) is 13.6. The molecule has 0 radical (unpaired) electrons. The van der Waals surface area contributed by atoms with Gasteiger partial charge in [-0.3, -0.25) is 9.69 Å². The van der Waals surface area contributed by atoms with Crippen LogP contribution in [0.2, 0.25) is 5.02 Å². The molecule has 1 atom stereocenters. The maximum absolute atomic E-state index is 14.1. The molecule has 0 heterocycles. The third-order valence-corrected chi connectivity index (χ3v) is 5.13. The number of hydrogen-bond donors (Lipinski definition) is 1. The zero-order chi connectivity index (χ0) is 18.0. The van der Waals surface area contributed by atoms with Crippen molar-refractivity contribution in [3.63, 3.8) is 0 Å². The Balaban J connectivity index is 1.72. The van der Waals surface area contributed by atoms with Gasteiger partial charge in [0.1, 0.15) is 11.9 Å². The van der Waals surface area contributed by atoms with Gasteiger partial charge in [-0.1, -0.05) is 41.9 Å². The molecule has 1 saturated carbocycles. The number of nitrogens with one attached hydrogen (secondary N) is 1. The maximum atomic E-state index is 14.1. The van der Waals surface area contributed by atoms with E-state index >= 15 is 0 Å². The van der Waals surface area contributed by atoms with Crippen LogP contribution >= 0.6 is 11.6 Å². The largest absolute Gasteiger partial charge is 0.354 e. The minimum absolute atomic E-state index is 0.0215. The van der Waals surface area contributed by atoms with Gasteiger partial charge < -0.3 is 5.32 Å². The Morgan fingerprint density at radius 2 is 1.84 bits per heavy atom. The predicted octanol–water partition coefficient (Wildman–Crippen LogP) is 3.93. The Morgan fingerprint density at radius 1 is 1.20 bits per heavy atom. The topological polar surface area (TPSA) is 32.3 Å². The molecule has 132 valence electrons. The highest BCUT2D eigenvalue weighted by Crippen LogP contribution is 2.47. The molecular weight excluding hydrogens is 339 g/mol. The lowest BCUT2D eigenvalue weighted by molar-refractivity contribution is -0.126. The molecule has 5 heteroatoms. The van der Waals surface area contributed by atoms with Crippen molar-refractivity contribution in [3.05, 3.63) is 70.5 Å². The van der Waals surface area contributed by atoms with E-state index < -0.39 is 6.04 Å². The Bertz CT molecular complexity index is 757. The zero-order valence-corrected chi connectivity index (χ0v) is 15.2. The van der Waals surface area contributed by atoms with E-state index in [0.717, 1.165) is 12.8 Å². The van der Waals surface area contributed by atoms with Crippen LogP contribution in [0.15, 0.2) is 48.5 Å². The third kappa shape index (κ3) is 3.86. The summed E-state index contributed by atoms with van der Waals surface area (Å²) in [4.78, 5) is 14.5. The van der Waals surface area contributed by atoms with Crippen LogP contribution in [0.1, 0.15) is 30.0 Å². The van der Waals surface area contributed by atoms with Gasteiger partial charge in [0, 0.05) is 22.5 Å². The number of likely N-dealkylation sites (N-methyl/N-ethyl adjacent to an activating group) is 1. The summed E-state index contributed by atoms with van der Waals surface area (Å²) in [5.74, 6) is -0.550. The molecule has 2 aromatic carbocycles. The monoisotopic (exact) mass is 360 g/mol. The molecule has 3 nitrogen and oxygen atoms in total. The second-order valence-electron chi connectivity index (χ2n) is 6.89. The summed E-state index contributed by atoms with van der Waals surface area (Å²) in [5, 5.41) is 3.73. The number of nitrogens with zero attached hydrogens (tertiary/aromatic N) is 1. The average molecular weight is 361 g/mol. The van der Waals surface area contributed by atoms with Crippen molar-refractivity contribution in [2.24, 2.45) is 0 Å². The first-order chi connectivity index (χ1) is 11.9. The van der Waals surface area contributed by atoms with E-state index in [1.807, 2.05) is 24.3 Å². The van der Waals surface area contributed by atoms with Crippen LogP contribution in [-0.2, 0) is 10.2 Å². The SMILES string of the molecule is CN(C)[C@H](C(=O)NCC1(c2ccc(Cl)cc2)CC1)c1ccccc1F. The van der Waals surface area contributed by atoms with E-state index in [-0.39, 0.29) is 17.1 Å². The number of amides is 1. The van der Waals surface area contributed by atoms with Gasteiger partial charge in [-0.15, -0.1) is 0 Å². The van der Waals surface area contributed by atoms with Crippen molar-refractivity contribution >= 4 is 17.5 Å². The van der Waals surface area contributed by atoms with Crippen molar-refractivity contribution in [2.75, 3.05) is 20.6 Å². The molecule has 1 aliphatic rings. The van der Waals surface area contributed by atoms with Crippen molar-refractivity contribution in [1.29, 1.82) is 0 Å².